The second-order valence-corrected chi connectivity index (χ2v) is 5.55. The first-order valence-electron chi connectivity index (χ1n) is 7.33. The maximum atomic E-state index is 12.1. The van der Waals surface area contributed by atoms with Gasteiger partial charge in [0.2, 0.25) is 17.7 Å². The van der Waals surface area contributed by atoms with Gasteiger partial charge in [0.25, 0.3) is 0 Å². The van der Waals surface area contributed by atoms with Crippen molar-refractivity contribution in [2.75, 3.05) is 26.2 Å². The Morgan fingerprint density at radius 1 is 0.909 bits per heavy atom. The summed E-state index contributed by atoms with van der Waals surface area (Å²) >= 11 is 0. The maximum absolute atomic E-state index is 12.1. The number of hydrogen-bond acceptors (Lipinski definition) is 3. The molecule has 0 unspecified atom stereocenters. The Morgan fingerprint density at radius 2 is 1.27 bits per heavy atom. The van der Waals surface area contributed by atoms with Gasteiger partial charge in [0, 0.05) is 43.2 Å². The van der Waals surface area contributed by atoms with Crippen molar-refractivity contribution in [2.24, 2.45) is 5.92 Å². The van der Waals surface area contributed by atoms with Gasteiger partial charge in [-0.2, -0.15) is 0 Å². The molecule has 0 saturated carbocycles. The molecule has 0 aromatic carbocycles. The molecule has 0 spiro atoms. The van der Waals surface area contributed by atoms with Gasteiger partial charge in [-0.05, 0) is 13.8 Å². The molecule has 0 aliphatic heterocycles. The topological polar surface area (TPSA) is 78.5 Å². The van der Waals surface area contributed by atoms with Crippen LogP contribution in [0.25, 0.3) is 0 Å². The molecule has 0 atom stereocenters. The monoisotopic (exact) mass is 309 g/mol. The minimum atomic E-state index is -0.229. The van der Waals surface area contributed by atoms with E-state index in [0.29, 0.717) is 37.3 Å². The number of amides is 3. The third-order valence-corrected chi connectivity index (χ3v) is 2.92. The Morgan fingerprint density at radius 3 is 1.55 bits per heavy atom. The molecule has 124 valence electrons. The van der Waals surface area contributed by atoms with Gasteiger partial charge in [0.05, 0.1) is 0 Å². The lowest BCUT2D eigenvalue weighted by Gasteiger charge is -2.25. The van der Waals surface area contributed by atoms with E-state index < -0.39 is 0 Å². The maximum Gasteiger partial charge on any atom is 0.246 e. The zero-order valence-corrected chi connectivity index (χ0v) is 14.0. The van der Waals surface area contributed by atoms with Gasteiger partial charge < -0.3 is 15.5 Å². The van der Waals surface area contributed by atoms with Crippen molar-refractivity contribution in [1.29, 1.82) is 0 Å². The Kier molecular flexibility index (Phi) is 8.82. The Bertz CT molecular complexity index is 424. The van der Waals surface area contributed by atoms with Gasteiger partial charge in [0.1, 0.15) is 0 Å². The lowest BCUT2D eigenvalue weighted by atomic mass is 10.2. The average molecular weight is 309 g/mol. The van der Waals surface area contributed by atoms with Gasteiger partial charge in [-0.25, -0.2) is 0 Å². The zero-order chi connectivity index (χ0) is 17.3. The quantitative estimate of drug-likeness (QED) is 0.620. The van der Waals surface area contributed by atoms with Crippen molar-refractivity contribution in [3.05, 3.63) is 24.3 Å². The molecule has 0 aromatic heterocycles. The van der Waals surface area contributed by atoms with Gasteiger partial charge in [-0.1, -0.05) is 27.0 Å². The fourth-order valence-electron chi connectivity index (χ4n) is 1.61. The minimum Gasteiger partial charge on any atom is -0.351 e. The predicted octanol–water partition coefficient (Wildman–Crippen LogP) is 0.856. The van der Waals surface area contributed by atoms with Crippen LogP contribution in [0.2, 0.25) is 0 Å². The van der Waals surface area contributed by atoms with Crippen LogP contribution in [0.4, 0.5) is 0 Å². The fraction of sp³-hybridized carbons (Fsp3) is 0.562. The van der Waals surface area contributed by atoms with Crippen LogP contribution in [0.3, 0.4) is 0 Å². The number of carbonyl (C=O) groups excluding carboxylic acids is 3. The molecule has 6 nitrogen and oxygen atoms in total. The largest absolute Gasteiger partial charge is 0.351 e. The summed E-state index contributed by atoms with van der Waals surface area (Å²) in [7, 11) is 0. The number of nitrogens with zero attached hydrogens (tertiary/aromatic N) is 1. The van der Waals surface area contributed by atoms with E-state index >= 15 is 0 Å². The number of carbonyl (C=O) groups is 3. The first-order chi connectivity index (χ1) is 10.2. The number of rotatable bonds is 9. The normalized spacial score (nSPS) is 10.0. The molecule has 0 aliphatic rings. The summed E-state index contributed by atoms with van der Waals surface area (Å²) in [6.07, 6.45) is 0. The van der Waals surface area contributed by atoms with Gasteiger partial charge in [-0.3, -0.25) is 14.4 Å². The first kappa shape index (κ1) is 19.9. The number of nitrogens with one attached hydrogen (secondary N) is 2. The van der Waals surface area contributed by atoms with E-state index in [0.717, 1.165) is 0 Å². The molecule has 6 heteroatoms. The molecule has 22 heavy (non-hydrogen) atoms. The van der Waals surface area contributed by atoms with Crippen molar-refractivity contribution in [1.82, 2.24) is 15.5 Å². The molecule has 0 rings (SSSR count). The summed E-state index contributed by atoms with van der Waals surface area (Å²) in [6.45, 7) is 15.5. The van der Waals surface area contributed by atoms with E-state index in [4.69, 9.17) is 0 Å². The van der Waals surface area contributed by atoms with Crippen molar-refractivity contribution < 1.29 is 14.4 Å². The molecule has 0 radical (unpaired) electrons. The third kappa shape index (κ3) is 7.61. The summed E-state index contributed by atoms with van der Waals surface area (Å²) in [6, 6.07) is 0. The van der Waals surface area contributed by atoms with E-state index in [-0.39, 0.29) is 23.6 Å². The molecular weight excluding hydrogens is 282 g/mol. The van der Waals surface area contributed by atoms with E-state index in [1.54, 1.807) is 18.7 Å². The lowest BCUT2D eigenvalue weighted by molar-refractivity contribution is -0.135. The molecule has 0 heterocycles. The highest BCUT2D eigenvalue weighted by Crippen LogP contribution is 2.01. The van der Waals surface area contributed by atoms with Crippen LogP contribution in [0.5, 0.6) is 0 Å². The molecule has 0 saturated heterocycles. The molecule has 3 amide bonds. The minimum absolute atomic E-state index is 0.0193. The molecule has 0 aliphatic carbocycles. The van der Waals surface area contributed by atoms with Crippen LogP contribution in [0.1, 0.15) is 27.7 Å². The molecule has 0 aromatic rings. The second-order valence-electron chi connectivity index (χ2n) is 5.55. The first-order valence-corrected chi connectivity index (χ1v) is 7.33. The number of hydrogen-bond donors (Lipinski definition) is 2. The summed E-state index contributed by atoms with van der Waals surface area (Å²) in [5.41, 5.74) is 0.853. The molecule has 2 N–H and O–H groups in total. The highest BCUT2D eigenvalue weighted by molar-refractivity contribution is 5.92. The Balaban J connectivity index is 4.42. The Labute approximate surface area is 132 Å². The average Bonchev–Trinajstić information content (AvgIpc) is 2.43. The van der Waals surface area contributed by atoms with Crippen LogP contribution < -0.4 is 10.6 Å². The van der Waals surface area contributed by atoms with Crippen LogP contribution in [0, 0.1) is 5.92 Å². The van der Waals surface area contributed by atoms with Crippen molar-refractivity contribution >= 4 is 17.7 Å². The van der Waals surface area contributed by atoms with Crippen molar-refractivity contribution in [3.8, 4) is 0 Å². The van der Waals surface area contributed by atoms with Crippen LogP contribution in [-0.4, -0.2) is 48.8 Å². The summed E-state index contributed by atoms with van der Waals surface area (Å²) < 4.78 is 0. The highest BCUT2D eigenvalue weighted by Gasteiger charge is 2.17. The lowest BCUT2D eigenvalue weighted by Crippen LogP contribution is -2.44. The van der Waals surface area contributed by atoms with Crippen molar-refractivity contribution in [2.45, 2.75) is 27.7 Å². The van der Waals surface area contributed by atoms with Crippen molar-refractivity contribution in [3.63, 3.8) is 0 Å². The van der Waals surface area contributed by atoms with Gasteiger partial charge >= 0.3 is 0 Å². The van der Waals surface area contributed by atoms with Gasteiger partial charge in [-0.15, -0.1) is 0 Å². The third-order valence-electron chi connectivity index (χ3n) is 2.92. The highest BCUT2D eigenvalue weighted by atomic mass is 16.2. The summed E-state index contributed by atoms with van der Waals surface area (Å²) in [4.78, 5) is 36.6. The molecule has 0 fully saturated rings. The smallest absolute Gasteiger partial charge is 0.246 e. The molecule has 0 bridgehead atoms. The van der Waals surface area contributed by atoms with Gasteiger partial charge in [0.15, 0.2) is 0 Å². The van der Waals surface area contributed by atoms with E-state index in [1.165, 1.54) is 0 Å². The second kappa shape index (κ2) is 9.76. The fourth-order valence-corrected chi connectivity index (χ4v) is 1.61. The standard InChI is InChI=1S/C16H27N3O3/c1-11(2)14(20)17-7-9-19(16(22)13(5)6)10-8-18-15(21)12(3)4/h13H,1,3,7-10H2,2,4-6H3,(H,17,20)(H,18,21). The zero-order valence-electron chi connectivity index (χ0n) is 14.0. The summed E-state index contributed by atoms with van der Waals surface area (Å²) in [5, 5.41) is 5.38. The summed E-state index contributed by atoms with van der Waals surface area (Å²) in [5.74, 6) is -0.622. The van der Waals surface area contributed by atoms with Crippen LogP contribution in [0.15, 0.2) is 24.3 Å². The van der Waals surface area contributed by atoms with E-state index in [2.05, 4.69) is 23.8 Å². The van der Waals surface area contributed by atoms with E-state index in [9.17, 15) is 14.4 Å². The molecular formula is C16H27N3O3. The van der Waals surface area contributed by atoms with Crippen LogP contribution >= 0.6 is 0 Å². The van der Waals surface area contributed by atoms with Crippen LogP contribution in [-0.2, 0) is 14.4 Å². The predicted molar refractivity (Wildman–Crippen MR) is 87.1 cm³/mol. The Hall–Kier alpha value is -2.11. The van der Waals surface area contributed by atoms with E-state index in [1.807, 2.05) is 13.8 Å². The SMILES string of the molecule is C=C(C)C(=O)NCCN(CCNC(=O)C(=C)C)C(=O)C(C)C.